The van der Waals surface area contributed by atoms with Crippen LogP contribution < -0.4 is 5.73 Å². The molecule has 2 fully saturated rings. The van der Waals surface area contributed by atoms with Gasteiger partial charge in [-0.3, -0.25) is 4.79 Å². The summed E-state index contributed by atoms with van der Waals surface area (Å²) in [5.74, 6) is -0.504. The number of hydrogen-bond acceptors (Lipinski definition) is 3. The van der Waals surface area contributed by atoms with E-state index in [0.29, 0.717) is 12.3 Å². The average molecular weight is 296 g/mol. The average Bonchev–Trinajstić information content (AvgIpc) is 2.51. The van der Waals surface area contributed by atoms with Crippen LogP contribution in [0.15, 0.2) is 0 Å². The van der Waals surface area contributed by atoms with E-state index in [1.54, 1.807) is 4.90 Å². The van der Waals surface area contributed by atoms with Crippen LogP contribution in [0.5, 0.6) is 0 Å². The second-order valence-corrected chi connectivity index (χ2v) is 6.70. The third kappa shape index (κ3) is 3.23. The van der Waals surface area contributed by atoms with Gasteiger partial charge in [0.05, 0.1) is 6.04 Å². The predicted molar refractivity (Wildman–Crippen MR) is 80.7 cm³/mol. The first-order valence-electron chi connectivity index (χ1n) is 8.27. The van der Waals surface area contributed by atoms with Gasteiger partial charge in [-0.2, -0.15) is 0 Å². The van der Waals surface area contributed by atoms with Gasteiger partial charge >= 0.3 is 5.97 Å². The lowest BCUT2D eigenvalue weighted by molar-refractivity contribution is -0.159. The van der Waals surface area contributed by atoms with Crippen LogP contribution in [-0.2, 0) is 9.59 Å². The third-order valence-electron chi connectivity index (χ3n) is 5.45. The number of hydrogen-bond donors (Lipinski definition) is 2. The van der Waals surface area contributed by atoms with Crippen LogP contribution in [0.4, 0.5) is 0 Å². The molecule has 3 N–H and O–H groups in total. The highest BCUT2D eigenvalue weighted by molar-refractivity contribution is 5.87. The monoisotopic (exact) mass is 296 g/mol. The lowest BCUT2D eigenvalue weighted by Gasteiger charge is -2.48. The maximum Gasteiger partial charge on any atom is 0.326 e. The molecule has 0 bridgehead atoms. The zero-order chi connectivity index (χ0) is 15.6. The summed E-state index contributed by atoms with van der Waals surface area (Å²) in [6.45, 7) is 3.97. The highest BCUT2D eigenvalue weighted by Gasteiger charge is 2.45. The van der Waals surface area contributed by atoms with Crippen molar-refractivity contribution >= 4 is 11.9 Å². The first-order valence-corrected chi connectivity index (χ1v) is 8.27. The van der Waals surface area contributed by atoms with Crippen LogP contribution in [0, 0.1) is 11.8 Å². The zero-order valence-electron chi connectivity index (χ0n) is 13.1. The van der Waals surface area contributed by atoms with Crippen LogP contribution in [0.1, 0.15) is 58.8 Å². The number of carboxylic acids is 1. The standard InChI is InChI=1S/C16H28N2O3/c1-3-10(2)14(17)15(19)18-12-7-5-4-6-11(12)8-9-13(18)16(20)21/h10-14H,3-9,17H2,1-2H3,(H,20,21)/t10?,11?,12?,13?,14-/m0/s1. The Balaban J connectivity index is 2.23. The fraction of sp³-hybridized carbons (Fsp3) is 0.875. The van der Waals surface area contributed by atoms with Gasteiger partial charge in [0.2, 0.25) is 5.91 Å². The van der Waals surface area contributed by atoms with Crippen molar-refractivity contribution in [1.82, 2.24) is 4.90 Å². The molecule has 0 aromatic carbocycles. The van der Waals surface area contributed by atoms with Crippen molar-refractivity contribution in [1.29, 1.82) is 0 Å². The Morgan fingerprint density at radius 3 is 2.52 bits per heavy atom. The molecule has 5 atom stereocenters. The summed E-state index contributed by atoms with van der Waals surface area (Å²) in [5.41, 5.74) is 6.10. The Morgan fingerprint density at radius 2 is 1.90 bits per heavy atom. The molecule has 0 radical (unpaired) electrons. The minimum atomic E-state index is -0.885. The third-order valence-corrected chi connectivity index (χ3v) is 5.45. The van der Waals surface area contributed by atoms with E-state index in [1.165, 1.54) is 6.42 Å². The molecule has 4 unspecified atom stereocenters. The Hall–Kier alpha value is -1.10. The minimum Gasteiger partial charge on any atom is -0.480 e. The molecule has 1 amide bonds. The van der Waals surface area contributed by atoms with E-state index in [4.69, 9.17) is 5.73 Å². The number of piperidine rings is 1. The highest BCUT2D eigenvalue weighted by atomic mass is 16.4. The molecule has 1 saturated heterocycles. The van der Waals surface area contributed by atoms with Crippen molar-refractivity contribution in [2.45, 2.75) is 76.9 Å². The van der Waals surface area contributed by atoms with Crippen LogP contribution in [0.2, 0.25) is 0 Å². The van der Waals surface area contributed by atoms with E-state index in [0.717, 1.165) is 32.1 Å². The largest absolute Gasteiger partial charge is 0.480 e. The SMILES string of the molecule is CCC(C)[C@H](N)C(=O)N1C(C(=O)O)CCC2CCCCC21. The Bertz CT molecular complexity index is 399. The summed E-state index contributed by atoms with van der Waals surface area (Å²) in [7, 11) is 0. The molecule has 1 aliphatic heterocycles. The van der Waals surface area contributed by atoms with Gasteiger partial charge in [-0.05, 0) is 37.5 Å². The van der Waals surface area contributed by atoms with Crippen molar-refractivity contribution in [2.24, 2.45) is 17.6 Å². The summed E-state index contributed by atoms with van der Waals surface area (Å²) in [6.07, 6.45) is 6.62. The summed E-state index contributed by atoms with van der Waals surface area (Å²) in [6, 6.07) is -1.19. The summed E-state index contributed by atoms with van der Waals surface area (Å²) in [4.78, 5) is 26.0. The number of carbonyl (C=O) groups excluding carboxylic acids is 1. The van der Waals surface area contributed by atoms with E-state index in [2.05, 4.69) is 0 Å². The molecular formula is C16H28N2O3. The van der Waals surface area contributed by atoms with Crippen molar-refractivity contribution in [3.8, 4) is 0 Å². The number of carboxylic acid groups (broad SMARTS) is 1. The predicted octanol–water partition coefficient (Wildman–Crippen LogP) is 1.99. The van der Waals surface area contributed by atoms with Gasteiger partial charge in [-0.15, -0.1) is 0 Å². The van der Waals surface area contributed by atoms with Gasteiger partial charge in [0, 0.05) is 6.04 Å². The smallest absolute Gasteiger partial charge is 0.326 e. The normalized spacial score (nSPS) is 32.1. The first kappa shape index (κ1) is 16.3. The van der Waals surface area contributed by atoms with Crippen LogP contribution in [0.25, 0.3) is 0 Å². The van der Waals surface area contributed by atoms with E-state index >= 15 is 0 Å². The summed E-state index contributed by atoms with van der Waals surface area (Å²) in [5, 5.41) is 9.49. The number of carbonyl (C=O) groups is 2. The fourth-order valence-electron chi connectivity index (χ4n) is 3.86. The van der Waals surface area contributed by atoms with Gasteiger partial charge in [-0.1, -0.05) is 33.1 Å². The zero-order valence-corrected chi connectivity index (χ0v) is 13.1. The van der Waals surface area contributed by atoms with Gasteiger partial charge in [0.15, 0.2) is 0 Å². The van der Waals surface area contributed by atoms with E-state index < -0.39 is 18.1 Å². The molecule has 1 heterocycles. The van der Waals surface area contributed by atoms with Gasteiger partial charge in [-0.25, -0.2) is 4.79 Å². The van der Waals surface area contributed by atoms with Crippen molar-refractivity contribution < 1.29 is 14.7 Å². The Labute approximate surface area is 126 Å². The number of nitrogens with zero attached hydrogens (tertiary/aromatic N) is 1. The van der Waals surface area contributed by atoms with Crippen molar-refractivity contribution in [3.63, 3.8) is 0 Å². The quantitative estimate of drug-likeness (QED) is 0.831. The lowest BCUT2D eigenvalue weighted by Crippen LogP contribution is -2.61. The van der Waals surface area contributed by atoms with Gasteiger partial charge in [0.1, 0.15) is 6.04 Å². The summed E-state index contributed by atoms with van der Waals surface area (Å²) < 4.78 is 0. The van der Waals surface area contributed by atoms with E-state index in [1.807, 2.05) is 13.8 Å². The second kappa shape index (κ2) is 6.77. The van der Waals surface area contributed by atoms with Crippen molar-refractivity contribution in [2.75, 3.05) is 0 Å². The molecular weight excluding hydrogens is 268 g/mol. The number of aliphatic carboxylic acids is 1. The lowest BCUT2D eigenvalue weighted by atomic mass is 9.75. The number of fused-ring (bicyclic) bond motifs is 1. The molecule has 2 rings (SSSR count). The van der Waals surface area contributed by atoms with Crippen LogP contribution >= 0.6 is 0 Å². The molecule has 120 valence electrons. The Kier molecular flexibility index (Phi) is 5.25. The molecule has 21 heavy (non-hydrogen) atoms. The number of amides is 1. The first-order chi connectivity index (χ1) is 9.97. The van der Waals surface area contributed by atoms with Crippen molar-refractivity contribution in [3.05, 3.63) is 0 Å². The summed E-state index contributed by atoms with van der Waals surface area (Å²) >= 11 is 0. The molecule has 2 aliphatic rings. The fourth-order valence-corrected chi connectivity index (χ4v) is 3.86. The highest BCUT2D eigenvalue weighted by Crippen LogP contribution is 2.38. The molecule has 0 aromatic rings. The molecule has 1 aliphatic carbocycles. The molecule has 0 spiro atoms. The molecule has 0 aromatic heterocycles. The maximum absolute atomic E-state index is 12.8. The number of rotatable bonds is 4. The maximum atomic E-state index is 12.8. The second-order valence-electron chi connectivity index (χ2n) is 6.70. The Morgan fingerprint density at radius 1 is 1.24 bits per heavy atom. The van der Waals surface area contributed by atoms with E-state index in [9.17, 15) is 14.7 Å². The number of likely N-dealkylation sites (tertiary alicyclic amines) is 1. The van der Waals surface area contributed by atoms with Gasteiger partial charge in [0.25, 0.3) is 0 Å². The molecule has 1 saturated carbocycles. The topological polar surface area (TPSA) is 83.6 Å². The molecule has 5 nitrogen and oxygen atoms in total. The molecule has 5 heteroatoms. The number of nitrogens with two attached hydrogens (primary N) is 1. The van der Waals surface area contributed by atoms with Crippen LogP contribution in [0.3, 0.4) is 0 Å². The minimum absolute atomic E-state index is 0.0795. The van der Waals surface area contributed by atoms with Gasteiger partial charge < -0.3 is 15.7 Å². The van der Waals surface area contributed by atoms with E-state index in [-0.39, 0.29) is 17.9 Å². The van der Waals surface area contributed by atoms with Crippen LogP contribution in [-0.4, -0.2) is 40.0 Å².